The van der Waals surface area contributed by atoms with Gasteiger partial charge in [-0.05, 0) is 52.2 Å². The van der Waals surface area contributed by atoms with Crippen LogP contribution in [0.5, 0.6) is 5.88 Å². The highest BCUT2D eigenvalue weighted by Gasteiger charge is 2.29. The first-order chi connectivity index (χ1) is 11.0. The molecule has 1 aromatic heterocycles. The van der Waals surface area contributed by atoms with Crippen LogP contribution in [-0.4, -0.2) is 47.1 Å². The van der Waals surface area contributed by atoms with Gasteiger partial charge in [-0.1, -0.05) is 0 Å². The summed E-state index contributed by atoms with van der Waals surface area (Å²) >= 11 is 0. The molecular weight excluding hydrogens is 296 g/mol. The molecule has 0 aromatic carbocycles. The van der Waals surface area contributed by atoms with E-state index in [9.17, 15) is 9.59 Å². The number of likely N-dealkylation sites (tertiary alicyclic amines) is 1. The van der Waals surface area contributed by atoms with Crippen molar-refractivity contribution in [2.75, 3.05) is 13.2 Å². The van der Waals surface area contributed by atoms with Crippen molar-refractivity contribution in [1.82, 2.24) is 9.88 Å². The first-order valence-electron chi connectivity index (χ1n) is 8.10. The number of carbonyl (C=O) groups is 2. The number of ether oxygens (including phenoxy) is 2. The van der Waals surface area contributed by atoms with Crippen molar-refractivity contribution in [3.8, 4) is 5.88 Å². The van der Waals surface area contributed by atoms with Gasteiger partial charge < -0.3 is 14.4 Å². The third-order valence-electron chi connectivity index (χ3n) is 4.08. The Morgan fingerprint density at radius 3 is 2.65 bits per heavy atom. The van der Waals surface area contributed by atoms with Gasteiger partial charge in [0.2, 0.25) is 5.88 Å². The molecule has 1 aliphatic rings. The zero-order valence-electron chi connectivity index (χ0n) is 13.9. The van der Waals surface area contributed by atoms with E-state index in [4.69, 9.17) is 9.47 Å². The second-order valence-corrected chi connectivity index (χ2v) is 5.80. The molecule has 0 N–H and O–H groups in total. The van der Waals surface area contributed by atoms with Gasteiger partial charge in [0.25, 0.3) is 5.91 Å². The maximum atomic E-state index is 12.4. The molecular formula is C17H24N2O4. The van der Waals surface area contributed by atoms with E-state index in [0.29, 0.717) is 6.61 Å². The highest BCUT2D eigenvalue weighted by Crippen LogP contribution is 2.23. The number of piperidine rings is 1. The minimum Gasteiger partial charge on any atom is -0.477 e. The van der Waals surface area contributed by atoms with Crippen LogP contribution in [0.3, 0.4) is 0 Å². The van der Waals surface area contributed by atoms with E-state index in [1.54, 1.807) is 18.3 Å². The van der Waals surface area contributed by atoms with Gasteiger partial charge in [0.15, 0.2) is 6.61 Å². The van der Waals surface area contributed by atoms with Crippen LogP contribution in [0.4, 0.5) is 0 Å². The lowest BCUT2D eigenvalue weighted by Gasteiger charge is -2.38. The normalized spacial score (nSPS) is 20.9. The fourth-order valence-electron chi connectivity index (χ4n) is 2.99. The average molecular weight is 320 g/mol. The number of aromatic nitrogens is 1. The van der Waals surface area contributed by atoms with Crippen molar-refractivity contribution in [1.29, 1.82) is 0 Å². The minimum atomic E-state index is -0.591. The molecule has 23 heavy (non-hydrogen) atoms. The number of carbonyl (C=O) groups excluding carboxylic acids is 2. The molecule has 0 aliphatic carbocycles. The lowest BCUT2D eigenvalue weighted by molar-refractivity contribution is -0.140. The zero-order chi connectivity index (χ0) is 16.8. The highest BCUT2D eigenvalue weighted by molar-refractivity contribution is 5.93. The molecule has 2 atom stereocenters. The van der Waals surface area contributed by atoms with E-state index in [1.807, 2.05) is 25.7 Å². The number of esters is 1. The SMILES string of the molecule is CCOc1ncccc1C(=O)OCC(=O)N1[C@H](C)CCC[C@@H]1C. The average Bonchev–Trinajstić information content (AvgIpc) is 2.53. The van der Waals surface area contributed by atoms with Crippen LogP contribution in [0.1, 0.15) is 50.4 Å². The van der Waals surface area contributed by atoms with Crippen molar-refractivity contribution < 1.29 is 19.1 Å². The van der Waals surface area contributed by atoms with Gasteiger partial charge in [0, 0.05) is 18.3 Å². The van der Waals surface area contributed by atoms with Gasteiger partial charge in [0.1, 0.15) is 5.56 Å². The van der Waals surface area contributed by atoms with Crippen LogP contribution in [-0.2, 0) is 9.53 Å². The summed E-state index contributed by atoms with van der Waals surface area (Å²) < 4.78 is 10.5. The Bertz CT molecular complexity index is 551. The predicted octanol–water partition coefficient (Wildman–Crippen LogP) is 2.43. The Kier molecular flexibility index (Phi) is 5.96. The molecule has 1 aliphatic heterocycles. The molecule has 0 saturated carbocycles. The van der Waals surface area contributed by atoms with Crippen molar-refractivity contribution in [2.24, 2.45) is 0 Å². The van der Waals surface area contributed by atoms with Gasteiger partial charge in [-0.3, -0.25) is 4.79 Å². The van der Waals surface area contributed by atoms with Gasteiger partial charge in [-0.2, -0.15) is 0 Å². The molecule has 0 bridgehead atoms. The predicted molar refractivity (Wildman–Crippen MR) is 85.3 cm³/mol. The van der Waals surface area contributed by atoms with E-state index in [0.717, 1.165) is 19.3 Å². The summed E-state index contributed by atoms with van der Waals surface area (Å²) in [7, 11) is 0. The van der Waals surface area contributed by atoms with Gasteiger partial charge in [-0.25, -0.2) is 9.78 Å². The summed E-state index contributed by atoms with van der Waals surface area (Å²) in [4.78, 5) is 30.4. The van der Waals surface area contributed by atoms with E-state index in [2.05, 4.69) is 4.98 Å². The smallest absolute Gasteiger partial charge is 0.344 e. The maximum Gasteiger partial charge on any atom is 0.344 e. The van der Waals surface area contributed by atoms with Crippen molar-refractivity contribution in [3.05, 3.63) is 23.9 Å². The summed E-state index contributed by atoms with van der Waals surface area (Å²) in [5.74, 6) is -0.515. The third-order valence-corrected chi connectivity index (χ3v) is 4.08. The quantitative estimate of drug-likeness (QED) is 0.779. The Labute approximate surface area is 136 Å². The zero-order valence-corrected chi connectivity index (χ0v) is 13.9. The number of nitrogens with zero attached hydrogens (tertiary/aromatic N) is 2. The molecule has 1 aromatic rings. The Balaban J connectivity index is 1.97. The van der Waals surface area contributed by atoms with Crippen LogP contribution in [0.15, 0.2) is 18.3 Å². The van der Waals surface area contributed by atoms with E-state index >= 15 is 0 Å². The Morgan fingerprint density at radius 1 is 1.30 bits per heavy atom. The second kappa shape index (κ2) is 7.94. The number of hydrogen-bond donors (Lipinski definition) is 0. The van der Waals surface area contributed by atoms with E-state index in [1.165, 1.54) is 0 Å². The summed E-state index contributed by atoms with van der Waals surface area (Å²) in [6.45, 7) is 6.02. The molecule has 0 unspecified atom stereocenters. The van der Waals surface area contributed by atoms with E-state index < -0.39 is 5.97 Å². The van der Waals surface area contributed by atoms with Gasteiger partial charge >= 0.3 is 5.97 Å². The molecule has 126 valence electrons. The fourth-order valence-corrected chi connectivity index (χ4v) is 2.99. The molecule has 1 amide bonds. The Morgan fingerprint density at radius 2 is 2.00 bits per heavy atom. The molecule has 2 rings (SSSR count). The van der Waals surface area contributed by atoms with Gasteiger partial charge in [0.05, 0.1) is 6.61 Å². The van der Waals surface area contributed by atoms with Crippen LogP contribution in [0.2, 0.25) is 0 Å². The summed E-state index contributed by atoms with van der Waals surface area (Å²) in [6.07, 6.45) is 4.64. The number of rotatable bonds is 5. The number of pyridine rings is 1. The molecule has 1 fully saturated rings. The maximum absolute atomic E-state index is 12.4. The number of amides is 1. The summed E-state index contributed by atoms with van der Waals surface area (Å²) in [5, 5.41) is 0. The lowest BCUT2D eigenvalue weighted by atomic mass is 9.97. The molecule has 6 heteroatoms. The Hall–Kier alpha value is -2.11. The van der Waals surface area contributed by atoms with Gasteiger partial charge in [-0.15, -0.1) is 0 Å². The van der Waals surface area contributed by atoms with Crippen molar-refractivity contribution >= 4 is 11.9 Å². The van der Waals surface area contributed by atoms with Crippen molar-refractivity contribution in [3.63, 3.8) is 0 Å². The highest BCUT2D eigenvalue weighted by atomic mass is 16.5. The van der Waals surface area contributed by atoms with E-state index in [-0.39, 0.29) is 36.0 Å². The standard InChI is InChI=1S/C17H24N2O4/c1-4-22-16-14(9-6-10-18-16)17(21)23-11-15(20)19-12(2)7-5-8-13(19)3/h6,9-10,12-13H,4-5,7-8,11H2,1-3H3/t12-,13+. The second-order valence-electron chi connectivity index (χ2n) is 5.80. The minimum absolute atomic E-state index is 0.153. The van der Waals surface area contributed by atoms with Crippen LogP contribution in [0, 0.1) is 0 Å². The first kappa shape index (κ1) is 17.2. The summed E-state index contributed by atoms with van der Waals surface area (Å²) in [5.41, 5.74) is 0.238. The lowest BCUT2D eigenvalue weighted by Crippen LogP contribution is -2.49. The molecule has 2 heterocycles. The first-order valence-corrected chi connectivity index (χ1v) is 8.10. The molecule has 6 nitrogen and oxygen atoms in total. The largest absolute Gasteiger partial charge is 0.477 e. The number of hydrogen-bond acceptors (Lipinski definition) is 5. The molecule has 1 saturated heterocycles. The van der Waals surface area contributed by atoms with Crippen LogP contribution in [0.25, 0.3) is 0 Å². The fraction of sp³-hybridized carbons (Fsp3) is 0.588. The van der Waals surface area contributed by atoms with Crippen LogP contribution >= 0.6 is 0 Å². The third kappa shape index (κ3) is 4.21. The monoisotopic (exact) mass is 320 g/mol. The molecule has 0 spiro atoms. The summed E-state index contributed by atoms with van der Waals surface area (Å²) in [6, 6.07) is 3.58. The molecule has 0 radical (unpaired) electrons. The topological polar surface area (TPSA) is 68.7 Å². The van der Waals surface area contributed by atoms with Crippen molar-refractivity contribution in [2.45, 2.75) is 52.1 Å². The van der Waals surface area contributed by atoms with Crippen LogP contribution < -0.4 is 4.74 Å².